The van der Waals surface area contributed by atoms with E-state index in [1.165, 1.54) is 0 Å². The van der Waals surface area contributed by atoms with Crippen molar-refractivity contribution in [3.05, 3.63) is 39.9 Å². The molecular formula is C30H31ClF5N7O. The van der Waals surface area contributed by atoms with Gasteiger partial charge in [0.2, 0.25) is 0 Å². The van der Waals surface area contributed by atoms with Crippen LogP contribution < -0.4 is 20.7 Å². The molecule has 44 heavy (non-hydrogen) atoms. The van der Waals surface area contributed by atoms with E-state index < -0.39 is 56.3 Å². The van der Waals surface area contributed by atoms with Crippen LogP contribution in [0, 0.1) is 28.4 Å². The highest BCUT2D eigenvalue weighted by Gasteiger charge is 2.41. The van der Waals surface area contributed by atoms with E-state index in [9.17, 15) is 18.4 Å². The Bertz CT molecular complexity index is 1670. The number of piperidine rings is 1. The minimum Gasteiger partial charge on any atom is -0.463 e. The van der Waals surface area contributed by atoms with Gasteiger partial charge in [0.25, 0.3) is 0 Å². The average Bonchev–Trinajstić information content (AvgIpc) is 3.28. The lowest BCUT2D eigenvalue weighted by Gasteiger charge is -2.38. The first kappa shape index (κ1) is 30.6. The molecule has 8 nitrogen and oxygen atoms in total. The number of fused-ring (bicyclic) bond motifs is 3. The maximum absolute atomic E-state index is 16.6. The summed E-state index contributed by atoms with van der Waals surface area (Å²) < 4.78 is 81.5. The summed E-state index contributed by atoms with van der Waals surface area (Å²) in [6.07, 6.45) is -1.45. The summed E-state index contributed by atoms with van der Waals surface area (Å²) in [5.41, 5.74) is 0.189. The van der Waals surface area contributed by atoms with E-state index >= 15 is 8.78 Å². The average molecular weight is 636 g/mol. The summed E-state index contributed by atoms with van der Waals surface area (Å²) in [5, 5.41) is 12.3. The molecule has 0 amide bonds. The third kappa shape index (κ3) is 5.48. The Morgan fingerprint density at radius 2 is 1.89 bits per heavy atom. The van der Waals surface area contributed by atoms with Gasteiger partial charge in [0, 0.05) is 48.1 Å². The molecule has 3 N–H and O–H groups in total. The summed E-state index contributed by atoms with van der Waals surface area (Å²) in [5.74, 6) is -2.52. The predicted octanol–water partition coefficient (Wildman–Crippen LogP) is 5.75. The molecule has 3 aliphatic heterocycles. The molecule has 3 fully saturated rings. The van der Waals surface area contributed by atoms with Crippen molar-refractivity contribution in [1.29, 1.82) is 5.26 Å². The molecule has 1 aromatic heterocycles. The summed E-state index contributed by atoms with van der Waals surface area (Å²) in [7, 11) is 2.01. The minimum atomic E-state index is -5.16. The van der Waals surface area contributed by atoms with Gasteiger partial charge in [-0.25, -0.2) is 8.78 Å². The molecule has 2 aromatic carbocycles. The Hall–Kier alpha value is -3.47. The van der Waals surface area contributed by atoms with Crippen molar-refractivity contribution in [2.45, 2.75) is 50.9 Å². The third-order valence-electron chi connectivity index (χ3n) is 8.83. The molecule has 0 unspecified atom stereocenters. The highest BCUT2D eigenvalue weighted by atomic mass is 35.5. The fourth-order valence-electron chi connectivity index (χ4n) is 6.92. The van der Waals surface area contributed by atoms with Crippen molar-refractivity contribution in [2.75, 3.05) is 50.5 Å². The van der Waals surface area contributed by atoms with Crippen LogP contribution in [0.1, 0.15) is 43.7 Å². The monoisotopic (exact) mass is 635 g/mol. The van der Waals surface area contributed by atoms with E-state index in [1.54, 1.807) is 6.07 Å². The lowest BCUT2D eigenvalue weighted by molar-refractivity contribution is -0.137. The van der Waals surface area contributed by atoms with Crippen LogP contribution in [-0.4, -0.2) is 66.8 Å². The number of aromatic nitrogens is 2. The second kappa shape index (κ2) is 11.2. The molecule has 6 rings (SSSR count). The predicted molar refractivity (Wildman–Crippen MR) is 157 cm³/mol. The molecule has 0 saturated carbocycles. The van der Waals surface area contributed by atoms with Crippen LogP contribution in [-0.2, 0) is 6.18 Å². The molecule has 0 aliphatic carbocycles. The Balaban J connectivity index is 1.55. The second-order valence-corrected chi connectivity index (χ2v) is 12.8. The number of halogens is 6. The van der Waals surface area contributed by atoms with Crippen LogP contribution in [0.3, 0.4) is 0 Å². The van der Waals surface area contributed by atoms with Gasteiger partial charge in [0.15, 0.2) is 5.82 Å². The minimum absolute atomic E-state index is 0.0249. The molecule has 3 atom stereocenters. The fraction of sp³-hybridized carbons (Fsp3) is 0.500. The first-order valence-electron chi connectivity index (χ1n) is 14.4. The van der Waals surface area contributed by atoms with Gasteiger partial charge in [-0.05, 0) is 51.4 Å². The second-order valence-electron chi connectivity index (χ2n) is 12.4. The summed E-state index contributed by atoms with van der Waals surface area (Å²) in [6.45, 7) is 5.01. The number of nitrogens with zero attached hydrogens (tertiary/aromatic N) is 5. The summed E-state index contributed by atoms with van der Waals surface area (Å²) in [4.78, 5) is 13.0. The lowest BCUT2D eigenvalue weighted by atomic mass is 9.83. The van der Waals surface area contributed by atoms with E-state index in [0.717, 1.165) is 50.9 Å². The Morgan fingerprint density at radius 1 is 1.18 bits per heavy atom. The third-order valence-corrected chi connectivity index (χ3v) is 9.13. The van der Waals surface area contributed by atoms with Crippen LogP contribution in [0.5, 0.6) is 6.01 Å². The molecule has 14 heteroatoms. The number of piperazine rings is 1. The molecule has 234 valence electrons. The van der Waals surface area contributed by atoms with Crippen LogP contribution >= 0.6 is 11.6 Å². The van der Waals surface area contributed by atoms with Crippen molar-refractivity contribution >= 4 is 34.0 Å². The zero-order valence-corrected chi connectivity index (χ0v) is 24.9. The van der Waals surface area contributed by atoms with Crippen molar-refractivity contribution in [3.63, 3.8) is 0 Å². The maximum Gasteiger partial charge on any atom is 0.418 e. The molecule has 3 aliphatic rings. The summed E-state index contributed by atoms with van der Waals surface area (Å²) >= 11 is 5.93. The number of ether oxygens (including phenoxy) is 1. The molecule has 4 heterocycles. The molecule has 0 spiro atoms. The van der Waals surface area contributed by atoms with Gasteiger partial charge in [-0.3, -0.25) is 0 Å². The molecule has 2 bridgehead atoms. The molecular weight excluding hydrogens is 605 g/mol. The van der Waals surface area contributed by atoms with Crippen molar-refractivity contribution < 1.29 is 26.7 Å². The molecule has 0 radical (unpaired) electrons. The van der Waals surface area contributed by atoms with E-state index in [-0.39, 0.29) is 41.3 Å². The normalized spacial score (nSPS) is 24.1. The number of hydrogen-bond acceptors (Lipinski definition) is 8. The zero-order valence-electron chi connectivity index (χ0n) is 24.2. The summed E-state index contributed by atoms with van der Waals surface area (Å²) in [6, 6.07) is 3.35. The van der Waals surface area contributed by atoms with Gasteiger partial charge in [-0.15, -0.1) is 0 Å². The van der Waals surface area contributed by atoms with Crippen LogP contribution in [0.25, 0.3) is 22.0 Å². The fourth-order valence-corrected chi connectivity index (χ4v) is 7.24. The number of likely N-dealkylation sites (tertiary alicyclic amines) is 1. The SMILES string of the molecule is CN1CCC[C@](C)(COc2nc(N3C[C@H]4CC[C@@H](C3)N4)c3cc(F)c(-c4c(C#N)c(N)cc(Cl)c4C(F)(F)F)c(F)c3n2)C1. The number of nitriles is 1. The number of nitrogen functional groups attached to an aromatic ring is 1. The largest absolute Gasteiger partial charge is 0.463 e. The Morgan fingerprint density at radius 3 is 2.52 bits per heavy atom. The van der Waals surface area contributed by atoms with Crippen LogP contribution in [0.2, 0.25) is 5.02 Å². The Kier molecular flexibility index (Phi) is 7.75. The topological polar surface area (TPSA) is 103 Å². The van der Waals surface area contributed by atoms with Crippen molar-refractivity contribution in [1.82, 2.24) is 20.2 Å². The van der Waals surface area contributed by atoms with Gasteiger partial charge in [0.1, 0.15) is 23.2 Å². The Labute approximate surface area is 255 Å². The smallest absolute Gasteiger partial charge is 0.418 e. The number of alkyl halides is 3. The van der Waals surface area contributed by atoms with E-state index in [4.69, 9.17) is 22.1 Å². The first-order valence-corrected chi connectivity index (χ1v) is 14.8. The maximum atomic E-state index is 16.6. The lowest BCUT2D eigenvalue weighted by Crippen LogP contribution is -2.51. The van der Waals surface area contributed by atoms with Crippen molar-refractivity contribution in [2.24, 2.45) is 5.41 Å². The number of benzene rings is 2. The van der Waals surface area contributed by atoms with Crippen LogP contribution in [0.4, 0.5) is 33.5 Å². The number of nitrogens with one attached hydrogen (secondary N) is 1. The van der Waals surface area contributed by atoms with Gasteiger partial charge >= 0.3 is 12.2 Å². The number of anilines is 2. The van der Waals surface area contributed by atoms with Crippen LogP contribution in [0.15, 0.2) is 12.1 Å². The highest BCUT2D eigenvalue weighted by molar-refractivity contribution is 6.32. The highest BCUT2D eigenvalue weighted by Crippen LogP contribution is 2.48. The first-order chi connectivity index (χ1) is 20.8. The van der Waals surface area contributed by atoms with E-state index in [0.29, 0.717) is 13.1 Å². The van der Waals surface area contributed by atoms with Crippen molar-refractivity contribution in [3.8, 4) is 23.2 Å². The molecule has 3 aromatic rings. The number of rotatable bonds is 5. The van der Waals surface area contributed by atoms with Gasteiger partial charge < -0.3 is 25.6 Å². The van der Waals surface area contributed by atoms with Gasteiger partial charge in [0.05, 0.1) is 34.0 Å². The standard InChI is InChI=1S/C30H31ClF5N7O/c1-29(6-3-7-42(2)13-29)14-44-28-40-26-17(27(41-28)43-11-15-4-5-16(12-43)39-15)8-20(32)23(25(26)33)22-18(10-37)21(38)9-19(31)24(22)30(34,35)36/h8-9,15-16,39H,3-7,11-14,38H2,1-2H3/t15-,16+,29-/m0/s1. The zero-order chi connectivity index (χ0) is 31.6. The van der Waals surface area contributed by atoms with E-state index in [2.05, 4.69) is 27.1 Å². The number of nitrogens with two attached hydrogens (primary N) is 1. The quantitative estimate of drug-likeness (QED) is 0.270. The van der Waals surface area contributed by atoms with Gasteiger partial charge in [-0.2, -0.15) is 28.4 Å². The van der Waals surface area contributed by atoms with Gasteiger partial charge in [-0.1, -0.05) is 18.5 Å². The number of hydrogen-bond donors (Lipinski definition) is 2. The van der Waals surface area contributed by atoms with E-state index in [1.807, 2.05) is 11.9 Å². The molecule has 3 saturated heterocycles.